The summed E-state index contributed by atoms with van der Waals surface area (Å²) in [6.07, 6.45) is -0.0620. The standard InChI is InChI=1S/C26H26F2N2O4S2/c1-26(2,35(29)31)16-19(24-23(34-3)14-13-20(27)25(24)28)22-15-17-9-7-8-12-21(17)30(22)36(32,33)18-10-5-4-6-11-18/h4-15,19H,16,29H2,1-3H3/t19-,35?/m0/s1. The highest BCUT2D eigenvalue weighted by Gasteiger charge is 2.37. The lowest BCUT2D eigenvalue weighted by molar-refractivity contribution is 0.389. The molecule has 0 fully saturated rings. The lowest BCUT2D eigenvalue weighted by atomic mass is 9.86. The monoisotopic (exact) mass is 532 g/mol. The number of hydrogen-bond donors (Lipinski definition) is 1. The minimum atomic E-state index is -4.17. The Hall–Kier alpha value is -3.08. The van der Waals surface area contributed by atoms with E-state index in [0.717, 1.165) is 10.0 Å². The number of para-hydroxylation sites is 1. The Balaban J connectivity index is 2.11. The predicted octanol–water partition coefficient (Wildman–Crippen LogP) is 5.09. The van der Waals surface area contributed by atoms with Gasteiger partial charge in [0.1, 0.15) is 5.75 Å². The van der Waals surface area contributed by atoms with Crippen LogP contribution in [0.25, 0.3) is 10.9 Å². The van der Waals surface area contributed by atoms with Crippen molar-refractivity contribution in [2.24, 2.45) is 5.14 Å². The highest BCUT2D eigenvalue weighted by molar-refractivity contribution is 7.90. The Morgan fingerprint density at radius 3 is 2.31 bits per heavy atom. The SMILES string of the molecule is COc1ccc(F)c(F)c1[C@@H](CC(C)(C)S(N)=O)c1cc2ccccc2n1S(=O)(=O)c1ccccc1. The molecule has 0 saturated carbocycles. The van der Waals surface area contributed by atoms with Crippen LogP contribution >= 0.6 is 0 Å². The number of nitrogens with zero attached hydrogens (tertiary/aromatic N) is 1. The molecule has 0 aliphatic heterocycles. The lowest BCUT2D eigenvalue weighted by Gasteiger charge is -2.30. The molecule has 4 rings (SSSR count). The molecule has 0 radical (unpaired) electrons. The van der Waals surface area contributed by atoms with E-state index in [0.29, 0.717) is 10.9 Å². The van der Waals surface area contributed by atoms with E-state index < -0.39 is 43.3 Å². The van der Waals surface area contributed by atoms with Crippen molar-refractivity contribution < 1.29 is 26.1 Å². The molecule has 0 aliphatic rings. The molecule has 1 heterocycles. The topological polar surface area (TPSA) is 91.4 Å². The van der Waals surface area contributed by atoms with Crippen molar-refractivity contribution >= 4 is 31.9 Å². The summed E-state index contributed by atoms with van der Waals surface area (Å²) in [5.74, 6) is -3.33. The number of fused-ring (bicyclic) bond motifs is 1. The van der Waals surface area contributed by atoms with Gasteiger partial charge in [0.2, 0.25) is 0 Å². The summed E-state index contributed by atoms with van der Waals surface area (Å²) in [6.45, 7) is 3.25. The van der Waals surface area contributed by atoms with Gasteiger partial charge < -0.3 is 4.74 Å². The van der Waals surface area contributed by atoms with Gasteiger partial charge in [-0.05, 0) is 56.7 Å². The second kappa shape index (κ2) is 9.76. The van der Waals surface area contributed by atoms with Gasteiger partial charge in [0.05, 0.1) is 33.3 Å². The van der Waals surface area contributed by atoms with Gasteiger partial charge in [0.25, 0.3) is 10.0 Å². The maximum Gasteiger partial charge on any atom is 0.268 e. The molecule has 0 amide bonds. The van der Waals surface area contributed by atoms with Crippen LogP contribution < -0.4 is 9.88 Å². The van der Waals surface area contributed by atoms with Crippen molar-refractivity contribution in [3.05, 3.63) is 95.7 Å². The van der Waals surface area contributed by atoms with Crippen LogP contribution in [0.5, 0.6) is 5.75 Å². The zero-order valence-electron chi connectivity index (χ0n) is 19.9. The van der Waals surface area contributed by atoms with E-state index in [1.807, 2.05) is 0 Å². The number of nitrogens with two attached hydrogens (primary N) is 1. The van der Waals surface area contributed by atoms with Gasteiger partial charge in [0, 0.05) is 22.6 Å². The Labute approximate surface area is 211 Å². The van der Waals surface area contributed by atoms with Gasteiger partial charge in [-0.25, -0.2) is 25.4 Å². The van der Waals surface area contributed by atoms with Gasteiger partial charge >= 0.3 is 0 Å². The predicted molar refractivity (Wildman–Crippen MR) is 137 cm³/mol. The normalized spacial score (nSPS) is 14.1. The smallest absolute Gasteiger partial charge is 0.268 e. The van der Waals surface area contributed by atoms with Gasteiger partial charge in [-0.1, -0.05) is 36.4 Å². The minimum absolute atomic E-state index is 0.0275. The molecule has 2 atom stereocenters. The number of aromatic nitrogens is 1. The molecule has 6 nitrogen and oxygen atoms in total. The van der Waals surface area contributed by atoms with Crippen LogP contribution in [0.4, 0.5) is 8.78 Å². The summed E-state index contributed by atoms with van der Waals surface area (Å²) in [5.41, 5.74) is 0.355. The van der Waals surface area contributed by atoms with E-state index in [1.54, 1.807) is 62.4 Å². The first-order chi connectivity index (χ1) is 17.0. The lowest BCUT2D eigenvalue weighted by Crippen LogP contribution is -2.35. The van der Waals surface area contributed by atoms with Crippen molar-refractivity contribution in [3.63, 3.8) is 0 Å². The number of benzene rings is 3. The average Bonchev–Trinajstić information content (AvgIpc) is 3.25. The number of hydrogen-bond acceptors (Lipinski definition) is 4. The maximum absolute atomic E-state index is 15.4. The average molecular weight is 533 g/mol. The number of rotatable bonds is 8. The van der Waals surface area contributed by atoms with Crippen LogP contribution in [0.15, 0.2) is 77.7 Å². The fourth-order valence-corrected chi connectivity index (χ4v) is 6.26. The summed E-state index contributed by atoms with van der Waals surface area (Å²) >= 11 is 0. The Morgan fingerprint density at radius 1 is 1.03 bits per heavy atom. The molecule has 1 unspecified atom stereocenters. The fourth-order valence-electron chi connectivity index (χ4n) is 4.34. The first-order valence-electron chi connectivity index (χ1n) is 11.1. The zero-order chi connectivity index (χ0) is 26.3. The molecule has 10 heteroatoms. The summed E-state index contributed by atoms with van der Waals surface area (Å²) in [7, 11) is -4.72. The number of ether oxygens (including phenoxy) is 1. The Kier molecular flexibility index (Phi) is 7.05. The van der Waals surface area contributed by atoms with Crippen molar-refractivity contribution in [3.8, 4) is 5.75 Å². The number of halogens is 2. The van der Waals surface area contributed by atoms with Crippen LogP contribution in [0.2, 0.25) is 0 Å². The molecule has 2 N–H and O–H groups in total. The molecule has 0 aliphatic carbocycles. The molecule has 0 saturated heterocycles. The second-order valence-electron chi connectivity index (χ2n) is 9.00. The molecule has 0 spiro atoms. The molecular formula is C26H26F2N2O4S2. The first-order valence-corrected chi connectivity index (χ1v) is 13.7. The van der Waals surface area contributed by atoms with Crippen LogP contribution in [0.3, 0.4) is 0 Å². The van der Waals surface area contributed by atoms with Crippen LogP contribution in [-0.4, -0.2) is 28.5 Å². The van der Waals surface area contributed by atoms with Crippen LogP contribution in [-0.2, 0) is 21.0 Å². The fraction of sp³-hybridized carbons (Fsp3) is 0.231. The van der Waals surface area contributed by atoms with Crippen molar-refractivity contribution in [2.75, 3.05) is 7.11 Å². The highest BCUT2D eigenvalue weighted by Crippen LogP contribution is 2.43. The summed E-state index contributed by atoms with van der Waals surface area (Å²) in [5, 5.41) is 6.33. The van der Waals surface area contributed by atoms with Crippen LogP contribution in [0, 0.1) is 11.6 Å². The van der Waals surface area contributed by atoms with E-state index in [2.05, 4.69) is 0 Å². The molecule has 3 aromatic carbocycles. The van der Waals surface area contributed by atoms with E-state index in [-0.39, 0.29) is 28.3 Å². The molecular weight excluding hydrogens is 506 g/mol. The van der Waals surface area contributed by atoms with Crippen LogP contribution in [0.1, 0.15) is 37.4 Å². The Bertz CT molecular complexity index is 1550. The summed E-state index contributed by atoms with van der Waals surface area (Å²) in [4.78, 5) is 0.0275. The molecule has 4 aromatic rings. The third-order valence-electron chi connectivity index (χ3n) is 6.23. The maximum atomic E-state index is 15.4. The van der Waals surface area contributed by atoms with Gasteiger partial charge in [-0.3, -0.25) is 5.14 Å². The third-order valence-corrected chi connectivity index (χ3v) is 9.25. The van der Waals surface area contributed by atoms with E-state index in [1.165, 1.54) is 25.3 Å². The summed E-state index contributed by atoms with van der Waals surface area (Å²) < 4.78 is 75.7. The largest absolute Gasteiger partial charge is 0.496 e. The molecule has 190 valence electrons. The molecule has 36 heavy (non-hydrogen) atoms. The van der Waals surface area contributed by atoms with E-state index in [9.17, 15) is 17.0 Å². The summed E-state index contributed by atoms with van der Waals surface area (Å²) in [6, 6.07) is 18.5. The van der Waals surface area contributed by atoms with Gasteiger partial charge in [-0.2, -0.15) is 0 Å². The minimum Gasteiger partial charge on any atom is -0.496 e. The van der Waals surface area contributed by atoms with Gasteiger partial charge in [-0.15, -0.1) is 0 Å². The zero-order valence-corrected chi connectivity index (χ0v) is 21.6. The van der Waals surface area contributed by atoms with Crippen molar-refractivity contribution in [1.82, 2.24) is 3.97 Å². The van der Waals surface area contributed by atoms with Gasteiger partial charge in [0.15, 0.2) is 11.6 Å². The second-order valence-corrected chi connectivity index (χ2v) is 12.5. The molecule has 1 aromatic heterocycles. The third kappa shape index (κ3) is 4.56. The number of methoxy groups -OCH3 is 1. The van der Waals surface area contributed by atoms with E-state index in [4.69, 9.17) is 9.88 Å². The highest BCUT2D eigenvalue weighted by atomic mass is 32.2. The van der Waals surface area contributed by atoms with E-state index >= 15 is 4.39 Å². The van der Waals surface area contributed by atoms with Crippen molar-refractivity contribution in [1.29, 1.82) is 0 Å². The Morgan fingerprint density at radius 2 is 1.67 bits per heavy atom. The molecule has 0 bridgehead atoms. The first kappa shape index (κ1) is 26.0. The quantitative estimate of drug-likeness (QED) is 0.342. The van der Waals surface area contributed by atoms with Crippen molar-refractivity contribution in [2.45, 2.75) is 35.8 Å².